The molecule has 1 aromatic heterocycles. The molecular weight excluding hydrogens is 374 g/mol. The van der Waals surface area contributed by atoms with Gasteiger partial charge in [0.25, 0.3) is 0 Å². The van der Waals surface area contributed by atoms with E-state index in [2.05, 4.69) is 4.98 Å². The highest BCUT2D eigenvalue weighted by Crippen LogP contribution is 2.31. The predicted octanol–water partition coefficient (Wildman–Crippen LogP) is 4.43. The number of ether oxygens (including phenoxy) is 2. The number of carboxylic acids is 1. The standard InChI is InChI=1S/C22H21NO6/c24-19(11-21(25)26)20-12-23-22(29-20)15-6-8-16(9-7-15)28-18-3-1-2-17(10-18)27-13-14-4-5-14/h1-3,6-10,12,14,19,24H,4-5,11,13H2,(H,25,26). The Kier molecular flexibility index (Phi) is 5.48. The summed E-state index contributed by atoms with van der Waals surface area (Å²) in [6.45, 7) is 0.747. The van der Waals surface area contributed by atoms with Crippen molar-refractivity contribution in [3.63, 3.8) is 0 Å². The fourth-order valence-electron chi connectivity index (χ4n) is 2.77. The van der Waals surface area contributed by atoms with Crippen LogP contribution >= 0.6 is 0 Å². The molecule has 3 aromatic rings. The van der Waals surface area contributed by atoms with Crippen molar-refractivity contribution in [1.29, 1.82) is 0 Å². The van der Waals surface area contributed by atoms with Gasteiger partial charge in [-0.1, -0.05) is 6.07 Å². The van der Waals surface area contributed by atoms with Crippen molar-refractivity contribution < 1.29 is 28.9 Å². The molecule has 1 aliphatic rings. The summed E-state index contributed by atoms with van der Waals surface area (Å²) in [6.07, 6.45) is 2.15. The Bertz CT molecular complexity index is 977. The Morgan fingerprint density at radius 2 is 1.90 bits per heavy atom. The van der Waals surface area contributed by atoms with E-state index in [1.54, 1.807) is 24.3 Å². The number of aliphatic carboxylic acids is 1. The predicted molar refractivity (Wildman–Crippen MR) is 104 cm³/mol. The van der Waals surface area contributed by atoms with Crippen molar-refractivity contribution in [2.75, 3.05) is 6.61 Å². The van der Waals surface area contributed by atoms with Crippen LogP contribution < -0.4 is 9.47 Å². The molecule has 2 N–H and O–H groups in total. The first kappa shape index (κ1) is 19.0. The van der Waals surface area contributed by atoms with E-state index in [0.29, 0.717) is 28.9 Å². The van der Waals surface area contributed by atoms with Crippen molar-refractivity contribution in [3.8, 4) is 28.7 Å². The maximum atomic E-state index is 10.7. The van der Waals surface area contributed by atoms with Gasteiger partial charge >= 0.3 is 5.97 Å². The number of aliphatic hydroxyl groups is 1. The van der Waals surface area contributed by atoms with Crippen LogP contribution in [0, 0.1) is 5.92 Å². The topological polar surface area (TPSA) is 102 Å². The molecule has 1 aliphatic carbocycles. The quantitative estimate of drug-likeness (QED) is 0.552. The minimum Gasteiger partial charge on any atom is -0.493 e. The lowest BCUT2D eigenvalue weighted by atomic mass is 10.2. The molecule has 1 fully saturated rings. The number of aliphatic hydroxyl groups excluding tert-OH is 1. The zero-order valence-electron chi connectivity index (χ0n) is 15.7. The second-order valence-electron chi connectivity index (χ2n) is 7.04. The first-order valence-electron chi connectivity index (χ1n) is 9.43. The van der Waals surface area contributed by atoms with E-state index < -0.39 is 18.5 Å². The van der Waals surface area contributed by atoms with E-state index in [1.165, 1.54) is 19.0 Å². The van der Waals surface area contributed by atoms with Crippen molar-refractivity contribution in [2.24, 2.45) is 5.92 Å². The van der Waals surface area contributed by atoms with E-state index in [9.17, 15) is 9.90 Å². The first-order valence-corrected chi connectivity index (χ1v) is 9.43. The molecule has 29 heavy (non-hydrogen) atoms. The Morgan fingerprint density at radius 1 is 1.14 bits per heavy atom. The third-order valence-corrected chi connectivity index (χ3v) is 4.55. The van der Waals surface area contributed by atoms with Gasteiger partial charge in [0.05, 0.1) is 19.2 Å². The highest BCUT2D eigenvalue weighted by molar-refractivity contribution is 5.67. The van der Waals surface area contributed by atoms with E-state index >= 15 is 0 Å². The Morgan fingerprint density at radius 3 is 2.62 bits per heavy atom. The zero-order chi connectivity index (χ0) is 20.2. The van der Waals surface area contributed by atoms with Crippen LogP contribution in [0.3, 0.4) is 0 Å². The van der Waals surface area contributed by atoms with Gasteiger partial charge in [0.15, 0.2) is 5.76 Å². The molecule has 7 heteroatoms. The van der Waals surface area contributed by atoms with E-state index in [-0.39, 0.29) is 5.76 Å². The number of rotatable bonds is 9. The summed E-state index contributed by atoms with van der Waals surface area (Å²) in [5.74, 6) is 2.11. The minimum absolute atomic E-state index is 0.116. The van der Waals surface area contributed by atoms with Crippen LogP contribution in [0.5, 0.6) is 17.2 Å². The van der Waals surface area contributed by atoms with Crippen molar-refractivity contribution in [3.05, 3.63) is 60.5 Å². The lowest BCUT2D eigenvalue weighted by Crippen LogP contribution is -2.04. The largest absolute Gasteiger partial charge is 0.493 e. The molecule has 1 atom stereocenters. The van der Waals surface area contributed by atoms with Crippen molar-refractivity contribution in [2.45, 2.75) is 25.4 Å². The monoisotopic (exact) mass is 395 g/mol. The molecule has 1 heterocycles. The average molecular weight is 395 g/mol. The molecule has 1 unspecified atom stereocenters. The lowest BCUT2D eigenvalue weighted by molar-refractivity contribution is -0.139. The SMILES string of the molecule is O=C(O)CC(O)c1cnc(-c2ccc(Oc3cccc(OCC4CC4)c3)cc2)o1. The number of hydrogen-bond donors (Lipinski definition) is 2. The molecule has 0 radical (unpaired) electrons. The van der Waals surface area contributed by atoms with Crippen LogP contribution in [-0.2, 0) is 4.79 Å². The van der Waals surface area contributed by atoms with Crippen LogP contribution in [0.1, 0.15) is 31.1 Å². The van der Waals surface area contributed by atoms with E-state index in [1.807, 2.05) is 24.3 Å². The molecule has 7 nitrogen and oxygen atoms in total. The van der Waals surface area contributed by atoms with E-state index in [4.69, 9.17) is 19.0 Å². The highest BCUT2D eigenvalue weighted by atomic mass is 16.5. The second-order valence-corrected chi connectivity index (χ2v) is 7.04. The van der Waals surface area contributed by atoms with Gasteiger partial charge in [-0.2, -0.15) is 0 Å². The second kappa shape index (κ2) is 8.36. The van der Waals surface area contributed by atoms with Gasteiger partial charge in [-0.05, 0) is 55.2 Å². The summed E-state index contributed by atoms with van der Waals surface area (Å²) >= 11 is 0. The number of carboxylic acid groups (broad SMARTS) is 1. The normalized spacial score (nSPS) is 14.4. The Balaban J connectivity index is 1.40. The molecule has 4 rings (SSSR count). The van der Waals surface area contributed by atoms with Crippen LogP contribution in [-0.4, -0.2) is 27.8 Å². The first-order chi connectivity index (χ1) is 14.1. The number of benzene rings is 2. The third-order valence-electron chi connectivity index (χ3n) is 4.55. The molecule has 0 bridgehead atoms. The summed E-state index contributed by atoms with van der Waals surface area (Å²) in [6, 6.07) is 14.7. The van der Waals surface area contributed by atoms with Gasteiger partial charge in [0.1, 0.15) is 23.4 Å². The lowest BCUT2D eigenvalue weighted by Gasteiger charge is -2.09. The molecule has 0 spiro atoms. The van der Waals surface area contributed by atoms with Gasteiger partial charge in [-0.15, -0.1) is 0 Å². The summed E-state index contributed by atoms with van der Waals surface area (Å²) < 4.78 is 17.1. The molecule has 150 valence electrons. The van der Waals surface area contributed by atoms with Gasteiger partial charge in [0, 0.05) is 11.6 Å². The summed E-state index contributed by atoms with van der Waals surface area (Å²) in [5.41, 5.74) is 0.688. The number of hydrogen-bond acceptors (Lipinski definition) is 6. The van der Waals surface area contributed by atoms with Gasteiger partial charge in [-0.3, -0.25) is 4.79 Å². The fraction of sp³-hybridized carbons (Fsp3) is 0.273. The number of oxazole rings is 1. The Hall–Kier alpha value is -3.32. The molecule has 0 saturated heterocycles. The Labute approximate surface area is 167 Å². The van der Waals surface area contributed by atoms with Crippen molar-refractivity contribution in [1.82, 2.24) is 4.98 Å². The van der Waals surface area contributed by atoms with Crippen LogP contribution in [0.2, 0.25) is 0 Å². The summed E-state index contributed by atoms with van der Waals surface area (Å²) in [4.78, 5) is 14.8. The maximum Gasteiger partial charge on any atom is 0.306 e. The number of carbonyl (C=O) groups is 1. The minimum atomic E-state index is -1.23. The molecule has 2 aromatic carbocycles. The van der Waals surface area contributed by atoms with Crippen molar-refractivity contribution >= 4 is 5.97 Å². The fourth-order valence-corrected chi connectivity index (χ4v) is 2.77. The molecule has 0 amide bonds. The van der Waals surface area contributed by atoms with Crippen LogP contribution in [0.15, 0.2) is 59.1 Å². The third kappa shape index (κ3) is 5.14. The number of nitrogens with zero attached hydrogens (tertiary/aromatic N) is 1. The number of aromatic nitrogens is 1. The molecular formula is C22H21NO6. The zero-order valence-corrected chi connectivity index (χ0v) is 15.7. The highest BCUT2D eigenvalue weighted by Gasteiger charge is 2.22. The molecule has 0 aliphatic heterocycles. The van der Waals surface area contributed by atoms with Crippen LogP contribution in [0.25, 0.3) is 11.5 Å². The summed E-state index contributed by atoms with van der Waals surface area (Å²) in [7, 11) is 0. The van der Waals surface area contributed by atoms with Gasteiger partial charge in [0.2, 0.25) is 5.89 Å². The smallest absolute Gasteiger partial charge is 0.306 e. The van der Waals surface area contributed by atoms with Gasteiger partial charge < -0.3 is 24.1 Å². The van der Waals surface area contributed by atoms with Gasteiger partial charge in [-0.25, -0.2) is 4.98 Å². The van der Waals surface area contributed by atoms with E-state index in [0.717, 1.165) is 12.4 Å². The van der Waals surface area contributed by atoms with Crippen LogP contribution in [0.4, 0.5) is 0 Å². The molecule has 1 saturated carbocycles. The average Bonchev–Trinajstić information content (AvgIpc) is 3.40. The maximum absolute atomic E-state index is 10.7. The summed E-state index contributed by atoms with van der Waals surface area (Å²) in [5, 5.41) is 18.6.